The maximum absolute atomic E-state index is 10.0. The molecule has 0 fully saturated rings. The first kappa shape index (κ1) is 22.0. The van der Waals surface area contributed by atoms with Gasteiger partial charge in [0, 0.05) is 24.2 Å². The third kappa shape index (κ3) is 15.7. The van der Waals surface area contributed by atoms with Crippen LogP contribution in [0.4, 0.5) is 0 Å². The largest absolute Gasteiger partial charge is 0.394 e. The van der Waals surface area contributed by atoms with E-state index in [1.165, 1.54) is 11.3 Å². The zero-order chi connectivity index (χ0) is 15.8. The summed E-state index contributed by atoms with van der Waals surface area (Å²) in [4.78, 5) is 10.0. The van der Waals surface area contributed by atoms with Crippen molar-refractivity contribution in [2.24, 2.45) is 0 Å². The van der Waals surface area contributed by atoms with E-state index in [9.17, 15) is 4.79 Å². The standard InChI is InChI=1S/C6H14O2.C5H3BrOS.C2H6O2/c1-4-7-6(3)8-5-2;6-5-1-4(2-7)3-8-5;3-1-2-4/h6H,4-5H2,1-3H3;1-3H;3-4H,1-2H2. The van der Waals surface area contributed by atoms with Gasteiger partial charge in [0.1, 0.15) is 0 Å². The SMILES string of the molecule is CCOC(C)OCC.O=Cc1csc(Br)c1.OCCO. The van der Waals surface area contributed by atoms with E-state index in [4.69, 9.17) is 19.7 Å². The van der Waals surface area contributed by atoms with Crippen LogP contribution in [-0.4, -0.2) is 49.2 Å². The number of hydrogen-bond acceptors (Lipinski definition) is 6. The highest BCUT2D eigenvalue weighted by Gasteiger charge is 1.94. The van der Waals surface area contributed by atoms with Crippen LogP contribution in [0.3, 0.4) is 0 Å². The lowest BCUT2D eigenvalue weighted by atomic mass is 10.4. The molecule has 0 radical (unpaired) electrons. The Bertz CT molecular complexity index is 311. The number of aliphatic hydroxyl groups excluding tert-OH is 2. The number of aldehydes is 1. The fourth-order valence-electron chi connectivity index (χ4n) is 0.903. The second-order valence-corrected chi connectivity index (χ2v) is 5.52. The Hall–Kier alpha value is -0.310. The van der Waals surface area contributed by atoms with Crippen molar-refractivity contribution in [3.05, 3.63) is 20.8 Å². The van der Waals surface area contributed by atoms with Gasteiger partial charge in [-0.2, -0.15) is 0 Å². The molecule has 0 atom stereocenters. The maximum atomic E-state index is 10.0. The van der Waals surface area contributed by atoms with Gasteiger partial charge in [0.2, 0.25) is 0 Å². The summed E-state index contributed by atoms with van der Waals surface area (Å²) in [5.74, 6) is 0. The Morgan fingerprint density at radius 3 is 2.00 bits per heavy atom. The number of ether oxygens (including phenoxy) is 2. The monoisotopic (exact) mass is 370 g/mol. The number of rotatable bonds is 6. The van der Waals surface area contributed by atoms with E-state index >= 15 is 0 Å². The number of thiophene rings is 1. The van der Waals surface area contributed by atoms with Crippen LogP contribution >= 0.6 is 27.3 Å². The van der Waals surface area contributed by atoms with Crippen LogP contribution in [0.5, 0.6) is 0 Å². The third-order valence-corrected chi connectivity index (χ3v) is 3.15. The number of carbonyl (C=O) groups excluding carboxylic acids is 1. The topological polar surface area (TPSA) is 76.0 Å². The Morgan fingerprint density at radius 2 is 1.80 bits per heavy atom. The first-order valence-corrected chi connectivity index (χ1v) is 7.86. The molecule has 0 unspecified atom stereocenters. The lowest BCUT2D eigenvalue weighted by Gasteiger charge is -2.09. The summed E-state index contributed by atoms with van der Waals surface area (Å²) in [6.07, 6.45) is 0.798. The number of halogens is 1. The van der Waals surface area contributed by atoms with E-state index < -0.39 is 0 Å². The fourth-order valence-corrected chi connectivity index (χ4v) is 2.02. The molecular weight excluding hydrogens is 348 g/mol. The zero-order valence-corrected chi connectivity index (χ0v) is 14.4. The molecule has 118 valence electrons. The predicted octanol–water partition coefficient (Wildman–Crippen LogP) is 2.70. The molecule has 0 amide bonds. The molecule has 0 aromatic carbocycles. The van der Waals surface area contributed by atoms with Gasteiger partial charge >= 0.3 is 0 Å². The normalized spacial score (nSPS) is 9.35. The summed E-state index contributed by atoms with van der Waals surface area (Å²) >= 11 is 4.75. The molecule has 1 heterocycles. The van der Waals surface area contributed by atoms with Crippen LogP contribution in [-0.2, 0) is 9.47 Å². The van der Waals surface area contributed by atoms with Crippen molar-refractivity contribution in [1.82, 2.24) is 0 Å². The molecule has 0 bridgehead atoms. The molecule has 1 rings (SSSR count). The van der Waals surface area contributed by atoms with E-state index in [2.05, 4.69) is 15.9 Å². The Balaban J connectivity index is 0. The van der Waals surface area contributed by atoms with E-state index in [0.717, 1.165) is 28.8 Å². The first-order chi connectivity index (χ1) is 9.55. The Morgan fingerprint density at radius 1 is 1.30 bits per heavy atom. The fraction of sp³-hybridized carbons (Fsp3) is 0.615. The Labute approximate surface area is 132 Å². The van der Waals surface area contributed by atoms with Crippen LogP contribution in [0.2, 0.25) is 0 Å². The second kappa shape index (κ2) is 16.7. The van der Waals surface area contributed by atoms with Crippen molar-refractivity contribution >= 4 is 33.6 Å². The second-order valence-electron chi connectivity index (χ2n) is 3.23. The van der Waals surface area contributed by atoms with E-state index in [1.54, 1.807) is 11.4 Å². The lowest BCUT2D eigenvalue weighted by molar-refractivity contribution is -0.123. The van der Waals surface area contributed by atoms with E-state index in [1.807, 2.05) is 20.8 Å². The molecule has 1 aromatic heterocycles. The average Bonchev–Trinajstić information content (AvgIpc) is 2.86. The zero-order valence-electron chi connectivity index (χ0n) is 12.0. The van der Waals surface area contributed by atoms with Gasteiger partial charge in [0.15, 0.2) is 12.6 Å². The predicted molar refractivity (Wildman–Crippen MR) is 84.3 cm³/mol. The van der Waals surface area contributed by atoms with Gasteiger partial charge < -0.3 is 19.7 Å². The van der Waals surface area contributed by atoms with Gasteiger partial charge in [-0.15, -0.1) is 11.3 Å². The molecule has 2 N–H and O–H groups in total. The van der Waals surface area contributed by atoms with Gasteiger partial charge in [0.25, 0.3) is 0 Å². The highest BCUT2D eigenvalue weighted by molar-refractivity contribution is 9.11. The van der Waals surface area contributed by atoms with Crippen molar-refractivity contribution in [3.63, 3.8) is 0 Å². The van der Waals surface area contributed by atoms with Crippen LogP contribution in [0.25, 0.3) is 0 Å². The first-order valence-electron chi connectivity index (χ1n) is 6.19. The van der Waals surface area contributed by atoms with Crippen molar-refractivity contribution in [3.8, 4) is 0 Å². The van der Waals surface area contributed by atoms with Gasteiger partial charge in [0.05, 0.1) is 17.0 Å². The third-order valence-electron chi connectivity index (χ3n) is 1.63. The summed E-state index contributed by atoms with van der Waals surface area (Å²) in [6, 6.07) is 1.79. The van der Waals surface area contributed by atoms with Crippen molar-refractivity contribution in [1.29, 1.82) is 0 Å². The van der Waals surface area contributed by atoms with Gasteiger partial charge in [-0.05, 0) is 42.8 Å². The van der Waals surface area contributed by atoms with Crippen molar-refractivity contribution in [2.45, 2.75) is 27.1 Å². The molecule has 0 aliphatic heterocycles. The van der Waals surface area contributed by atoms with Crippen LogP contribution < -0.4 is 0 Å². The van der Waals surface area contributed by atoms with Gasteiger partial charge in [-0.25, -0.2) is 0 Å². The number of hydrogen-bond donors (Lipinski definition) is 2. The summed E-state index contributed by atoms with van der Waals surface area (Å²) in [5, 5.41) is 17.1. The Kier molecular flexibility index (Phi) is 18.4. The summed E-state index contributed by atoms with van der Waals surface area (Å²) in [6.45, 7) is 7.00. The molecule has 20 heavy (non-hydrogen) atoms. The lowest BCUT2D eigenvalue weighted by Crippen LogP contribution is -2.11. The minimum absolute atomic E-state index is 0.0370. The van der Waals surface area contributed by atoms with Gasteiger partial charge in [-0.3, -0.25) is 4.79 Å². The molecule has 1 aromatic rings. The van der Waals surface area contributed by atoms with Crippen molar-refractivity contribution < 1.29 is 24.5 Å². The highest BCUT2D eigenvalue weighted by atomic mass is 79.9. The molecule has 5 nitrogen and oxygen atoms in total. The minimum atomic E-state index is -0.125. The molecular formula is C13H23BrO5S. The van der Waals surface area contributed by atoms with Gasteiger partial charge in [-0.1, -0.05) is 0 Å². The smallest absolute Gasteiger partial charge is 0.154 e. The summed E-state index contributed by atoms with van der Waals surface area (Å²) < 4.78 is 11.1. The van der Waals surface area contributed by atoms with E-state index in [-0.39, 0.29) is 19.5 Å². The summed E-state index contributed by atoms with van der Waals surface area (Å²) in [5.41, 5.74) is 0.738. The van der Waals surface area contributed by atoms with Crippen LogP contribution in [0.15, 0.2) is 15.2 Å². The molecule has 0 saturated carbocycles. The van der Waals surface area contributed by atoms with Crippen molar-refractivity contribution in [2.75, 3.05) is 26.4 Å². The average molecular weight is 371 g/mol. The van der Waals surface area contributed by atoms with Crippen LogP contribution in [0.1, 0.15) is 31.1 Å². The molecule has 0 saturated heterocycles. The van der Waals surface area contributed by atoms with Crippen LogP contribution in [0, 0.1) is 0 Å². The quantitative estimate of drug-likeness (QED) is 0.594. The molecule has 0 aliphatic carbocycles. The maximum Gasteiger partial charge on any atom is 0.154 e. The summed E-state index contributed by atoms with van der Waals surface area (Å²) in [7, 11) is 0. The molecule has 0 aliphatic rings. The molecule has 7 heteroatoms. The number of carbonyl (C=O) groups is 1. The number of aliphatic hydroxyl groups is 2. The minimum Gasteiger partial charge on any atom is -0.394 e. The molecule has 0 spiro atoms. The highest BCUT2D eigenvalue weighted by Crippen LogP contribution is 2.18. The van der Waals surface area contributed by atoms with E-state index in [0.29, 0.717) is 0 Å².